The number of alkyl halides is 3. The maximum absolute atomic E-state index is 12.8. The zero-order valence-corrected chi connectivity index (χ0v) is 13.0. The van der Waals surface area contributed by atoms with E-state index in [2.05, 4.69) is 10.1 Å². The van der Waals surface area contributed by atoms with Crippen LogP contribution in [0, 0.1) is 11.3 Å². The molecule has 0 aliphatic rings. The molecule has 0 saturated heterocycles. The Bertz CT molecular complexity index is 742. The Morgan fingerprint density at radius 1 is 1.18 bits per heavy atom. The average Bonchev–Trinajstić information content (AvgIpc) is 2.41. The van der Waals surface area contributed by atoms with Crippen LogP contribution in [0.4, 0.5) is 20.2 Å². The predicted molar refractivity (Wildman–Crippen MR) is 82.3 cm³/mol. The van der Waals surface area contributed by atoms with Crippen molar-refractivity contribution in [2.75, 3.05) is 5.32 Å². The number of nitriles is 1. The molecule has 0 bridgehead atoms. The van der Waals surface area contributed by atoms with Crippen molar-refractivity contribution in [3.8, 4) is 11.8 Å². The number of benzene rings is 2. The van der Waals surface area contributed by atoms with Crippen molar-refractivity contribution in [1.82, 2.24) is 0 Å². The Balaban J connectivity index is 2.43. The molecule has 0 spiro atoms. The van der Waals surface area contributed by atoms with Crippen molar-refractivity contribution in [1.29, 1.82) is 5.26 Å². The number of para-hydroxylation sites is 2. The minimum atomic E-state index is -3.86. The fourth-order valence-electron chi connectivity index (χ4n) is 1.71. The molecule has 0 aromatic heterocycles. The van der Waals surface area contributed by atoms with Crippen LogP contribution in [0.25, 0.3) is 0 Å². The lowest BCUT2D eigenvalue weighted by Gasteiger charge is -2.17. The van der Waals surface area contributed by atoms with Gasteiger partial charge in [0.1, 0.15) is 6.07 Å². The number of hydrogen-bond donors (Lipinski definition) is 1. The number of hydrogen-bond acceptors (Lipinski definition) is 3. The Kier molecular flexibility index (Phi) is 4.97. The van der Waals surface area contributed by atoms with Gasteiger partial charge in [-0.25, -0.2) is 0 Å². The summed E-state index contributed by atoms with van der Waals surface area (Å²) in [6, 6.07) is 10.6. The van der Waals surface area contributed by atoms with Crippen LogP contribution in [0.1, 0.15) is 5.56 Å². The molecule has 0 saturated carbocycles. The summed E-state index contributed by atoms with van der Waals surface area (Å²) in [5.74, 6) is -0.197. The van der Waals surface area contributed by atoms with Gasteiger partial charge in [0, 0.05) is 16.6 Å². The maximum atomic E-state index is 12.8. The van der Waals surface area contributed by atoms with E-state index in [0.717, 1.165) is 0 Å². The van der Waals surface area contributed by atoms with Crippen molar-refractivity contribution in [3.05, 3.63) is 52.0 Å². The van der Waals surface area contributed by atoms with Gasteiger partial charge in [-0.1, -0.05) is 35.3 Å². The van der Waals surface area contributed by atoms with Crippen LogP contribution >= 0.6 is 34.8 Å². The topological polar surface area (TPSA) is 45.0 Å². The van der Waals surface area contributed by atoms with Gasteiger partial charge in [0.15, 0.2) is 5.75 Å². The molecule has 0 atom stereocenters. The van der Waals surface area contributed by atoms with Crippen molar-refractivity contribution < 1.29 is 13.5 Å². The summed E-state index contributed by atoms with van der Waals surface area (Å²) in [4.78, 5) is 0. The quantitative estimate of drug-likeness (QED) is 0.701. The molecule has 0 aliphatic heterocycles. The number of nitrogens with one attached hydrogen (secondary N) is 1. The summed E-state index contributed by atoms with van der Waals surface area (Å²) >= 11 is 16.6. The van der Waals surface area contributed by atoms with Gasteiger partial charge < -0.3 is 10.1 Å². The lowest BCUT2D eigenvalue weighted by molar-refractivity contribution is -0.0960. The second-order valence-electron chi connectivity index (χ2n) is 4.09. The summed E-state index contributed by atoms with van der Waals surface area (Å²) in [5.41, 5.74) is -3.31. The molecule has 0 fully saturated rings. The monoisotopic (exact) mass is 362 g/mol. The first-order valence-corrected chi connectivity index (χ1v) is 6.94. The molecule has 2 aromatic rings. The molecule has 0 heterocycles. The van der Waals surface area contributed by atoms with Gasteiger partial charge in [-0.3, -0.25) is 0 Å². The molecular weight excluding hydrogens is 357 g/mol. The van der Waals surface area contributed by atoms with Crippen LogP contribution in [0.5, 0.6) is 5.75 Å². The van der Waals surface area contributed by atoms with Gasteiger partial charge in [0.25, 0.3) is 0 Å². The van der Waals surface area contributed by atoms with E-state index in [1.165, 1.54) is 30.3 Å². The Hall–Kier alpha value is -1.74. The summed E-state index contributed by atoms with van der Waals surface area (Å²) in [6.45, 7) is 0. The molecule has 114 valence electrons. The molecule has 0 amide bonds. The lowest BCUT2D eigenvalue weighted by atomic mass is 10.2. The van der Waals surface area contributed by atoms with Gasteiger partial charge in [0.05, 0.1) is 22.0 Å². The standard InChI is InChI=1S/C14H7Cl3F2N2O/c15-9-5-8(7-20)13(10(16)6-9)21-11-3-1-2-4-12(11)22-14(17,18)19/h1-6,21H. The molecule has 8 heteroatoms. The van der Waals surface area contributed by atoms with E-state index < -0.39 is 5.57 Å². The van der Waals surface area contributed by atoms with Gasteiger partial charge in [0.2, 0.25) is 0 Å². The minimum absolute atomic E-state index is 0.157. The van der Waals surface area contributed by atoms with E-state index in [1.807, 2.05) is 6.07 Å². The van der Waals surface area contributed by atoms with Crippen molar-refractivity contribution in [2.45, 2.75) is 5.57 Å². The van der Waals surface area contributed by atoms with Crippen LogP contribution in [0.2, 0.25) is 10.0 Å². The van der Waals surface area contributed by atoms with E-state index in [1.54, 1.807) is 6.07 Å². The first kappa shape index (κ1) is 16.6. The van der Waals surface area contributed by atoms with E-state index in [4.69, 9.17) is 40.1 Å². The number of ether oxygens (including phenoxy) is 1. The van der Waals surface area contributed by atoms with Gasteiger partial charge >= 0.3 is 5.57 Å². The third-order valence-electron chi connectivity index (χ3n) is 2.55. The Morgan fingerprint density at radius 3 is 2.50 bits per heavy atom. The van der Waals surface area contributed by atoms with E-state index in [0.29, 0.717) is 0 Å². The third kappa shape index (κ3) is 4.14. The fraction of sp³-hybridized carbons (Fsp3) is 0.0714. The van der Waals surface area contributed by atoms with Crippen LogP contribution in [-0.4, -0.2) is 5.57 Å². The summed E-state index contributed by atoms with van der Waals surface area (Å²) in [6.07, 6.45) is 0. The SMILES string of the molecule is N#Cc1cc(Cl)cc(Cl)c1Nc1ccccc1OC(F)(F)Cl. The zero-order valence-electron chi connectivity index (χ0n) is 10.7. The zero-order chi connectivity index (χ0) is 16.3. The smallest absolute Gasteiger partial charge is 0.418 e. The first-order chi connectivity index (χ1) is 10.3. The van der Waals surface area contributed by atoms with Crippen LogP contribution in [0.15, 0.2) is 36.4 Å². The number of anilines is 2. The highest BCUT2D eigenvalue weighted by Gasteiger charge is 2.28. The Morgan fingerprint density at radius 2 is 1.86 bits per heavy atom. The fourth-order valence-corrected chi connectivity index (χ4v) is 2.33. The summed E-state index contributed by atoms with van der Waals surface area (Å²) in [7, 11) is 0. The Labute approximate surface area is 140 Å². The van der Waals surface area contributed by atoms with Crippen LogP contribution in [-0.2, 0) is 0 Å². The second kappa shape index (κ2) is 6.57. The largest absolute Gasteiger partial charge is 0.487 e. The third-order valence-corrected chi connectivity index (χ3v) is 3.14. The molecule has 0 aliphatic carbocycles. The first-order valence-electron chi connectivity index (χ1n) is 5.81. The van der Waals surface area contributed by atoms with Gasteiger partial charge in [-0.15, -0.1) is 8.78 Å². The maximum Gasteiger partial charge on any atom is 0.487 e. The number of rotatable bonds is 4. The van der Waals surface area contributed by atoms with Crippen molar-refractivity contribution in [2.24, 2.45) is 0 Å². The van der Waals surface area contributed by atoms with E-state index >= 15 is 0 Å². The highest BCUT2D eigenvalue weighted by Crippen LogP contribution is 2.37. The lowest BCUT2D eigenvalue weighted by Crippen LogP contribution is -2.16. The minimum Gasteiger partial charge on any atom is -0.418 e. The normalized spacial score (nSPS) is 10.9. The number of nitrogens with zero attached hydrogens (tertiary/aromatic N) is 1. The van der Waals surface area contributed by atoms with Gasteiger partial charge in [-0.2, -0.15) is 5.26 Å². The van der Waals surface area contributed by atoms with E-state index in [-0.39, 0.29) is 32.7 Å². The molecule has 0 unspecified atom stereocenters. The highest BCUT2D eigenvalue weighted by molar-refractivity contribution is 6.36. The molecule has 2 aromatic carbocycles. The van der Waals surface area contributed by atoms with E-state index in [9.17, 15) is 8.78 Å². The molecule has 3 nitrogen and oxygen atoms in total. The molecule has 2 rings (SSSR count). The summed E-state index contributed by atoms with van der Waals surface area (Å²) < 4.78 is 30.0. The molecule has 1 N–H and O–H groups in total. The van der Waals surface area contributed by atoms with Crippen LogP contribution in [0.3, 0.4) is 0 Å². The predicted octanol–water partition coefficient (Wildman–Crippen LogP) is 5.78. The van der Waals surface area contributed by atoms with Crippen molar-refractivity contribution in [3.63, 3.8) is 0 Å². The molecular formula is C14H7Cl3F2N2O. The second-order valence-corrected chi connectivity index (χ2v) is 5.37. The average molecular weight is 364 g/mol. The highest BCUT2D eigenvalue weighted by atomic mass is 35.5. The number of halogens is 5. The van der Waals surface area contributed by atoms with Crippen molar-refractivity contribution >= 4 is 46.2 Å². The summed E-state index contributed by atoms with van der Waals surface area (Å²) in [5, 5.41) is 12.3. The van der Waals surface area contributed by atoms with Gasteiger partial charge in [-0.05, 0) is 24.3 Å². The van der Waals surface area contributed by atoms with Crippen LogP contribution < -0.4 is 10.1 Å². The molecule has 22 heavy (non-hydrogen) atoms. The molecule has 0 radical (unpaired) electrons.